The minimum absolute atomic E-state index is 0.0588. The van der Waals surface area contributed by atoms with E-state index in [1.165, 1.54) is 11.3 Å². The molecule has 1 fully saturated rings. The average Bonchev–Trinajstić information content (AvgIpc) is 2.99. The van der Waals surface area contributed by atoms with Crippen LogP contribution in [0.5, 0.6) is 0 Å². The number of thiophene rings is 1. The summed E-state index contributed by atoms with van der Waals surface area (Å²) in [6, 6.07) is 1.67. The van der Waals surface area contributed by atoms with Crippen molar-refractivity contribution in [2.24, 2.45) is 5.41 Å². The Morgan fingerprint density at radius 2 is 2.23 bits per heavy atom. The number of ether oxygens (including phenoxy) is 1. The third kappa shape index (κ3) is 3.00. The first-order chi connectivity index (χ1) is 10.1. The van der Waals surface area contributed by atoms with Gasteiger partial charge in [0, 0.05) is 18.6 Å². The molecule has 1 saturated carbocycles. The van der Waals surface area contributed by atoms with Crippen LogP contribution in [0.25, 0.3) is 0 Å². The fourth-order valence-electron chi connectivity index (χ4n) is 2.86. The average molecular weight is 326 g/mol. The van der Waals surface area contributed by atoms with Crippen molar-refractivity contribution in [2.45, 2.75) is 51.4 Å². The van der Waals surface area contributed by atoms with Gasteiger partial charge < -0.3 is 20.5 Å². The van der Waals surface area contributed by atoms with Crippen LogP contribution in [-0.2, 0) is 10.3 Å². The molecule has 0 saturated heterocycles. The Balaban J connectivity index is 1.85. The van der Waals surface area contributed by atoms with Gasteiger partial charge in [-0.05, 0) is 42.7 Å². The second kappa shape index (κ2) is 5.83. The van der Waals surface area contributed by atoms with Crippen molar-refractivity contribution in [3.05, 3.63) is 22.4 Å². The maximum atomic E-state index is 12.1. The van der Waals surface area contributed by atoms with Gasteiger partial charge in [-0.2, -0.15) is 11.3 Å². The molecule has 0 bridgehead atoms. The Bertz CT molecular complexity index is 528. The molecule has 3 N–H and O–H groups in total. The zero-order valence-electron chi connectivity index (χ0n) is 13.9. The summed E-state index contributed by atoms with van der Waals surface area (Å²) in [5, 5.41) is 19.9. The highest BCUT2D eigenvalue weighted by Gasteiger charge is 2.58. The second-order valence-electron chi connectivity index (χ2n) is 7.03. The molecule has 1 heterocycles. The van der Waals surface area contributed by atoms with E-state index in [1.807, 2.05) is 16.8 Å². The number of aliphatic hydroxyl groups is 1. The van der Waals surface area contributed by atoms with Crippen molar-refractivity contribution in [1.29, 1.82) is 0 Å². The highest BCUT2D eigenvalue weighted by atomic mass is 32.1. The number of nitrogens with one attached hydrogen (secondary N) is 2. The highest BCUT2D eigenvalue weighted by Crippen LogP contribution is 2.51. The first-order valence-electron chi connectivity index (χ1n) is 7.47. The molecule has 5 nitrogen and oxygen atoms in total. The number of methoxy groups -OCH3 is 1. The molecule has 6 heteroatoms. The molecule has 124 valence electrons. The molecule has 0 aliphatic heterocycles. The highest BCUT2D eigenvalue weighted by molar-refractivity contribution is 7.08. The van der Waals surface area contributed by atoms with E-state index in [1.54, 1.807) is 14.0 Å². The second-order valence-corrected chi connectivity index (χ2v) is 7.81. The summed E-state index contributed by atoms with van der Waals surface area (Å²) in [6.07, 6.45) is 0.783. The Kier molecular flexibility index (Phi) is 4.57. The summed E-state index contributed by atoms with van der Waals surface area (Å²) < 4.78 is 5.55. The lowest BCUT2D eigenvalue weighted by Crippen LogP contribution is -2.69. The SMILES string of the molecule is COC1(C)CC(NC(=O)NCC(C)(O)c2ccsc2)C1(C)C. The summed E-state index contributed by atoms with van der Waals surface area (Å²) in [6.45, 7) is 8.11. The van der Waals surface area contributed by atoms with Gasteiger partial charge in [0.1, 0.15) is 5.60 Å². The third-order valence-corrected chi connectivity index (χ3v) is 6.00. The lowest BCUT2D eigenvalue weighted by atomic mass is 9.56. The van der Waals surface area contributed by atoms with Crippen LogP contribution >= 0.6 is 11.3 Å². The predicted molar refractivity (Wildman–Crippen MR) is 88.0 cm³/mol. The zero-order valence-corrected chi connectivity index (χ0v) is 14.7. The van der Waals surface area contributed by atoms with E-state index < -0.39 is 5.60 Å². The van der Waals surface area contributed by atoms with E-state index in [-0.39, 0.29) is 29.6 Å². The van der Waals surface area contributed by atoms with Crippen LogP contribution < -0.4 is 10.6 Å². The Hall–Kier alpha value is -1.11. The zero-order chi connectivity index (χ0) is 16.6. The molecule has 1 aromatic rings. The molecule has 2 rings (SSSR count). The van der Waals surface area contributed by atoms with Gasteiger partial charge in [-0.1, -0.05) is 13.8 Å². The number of hydrogen-bond acceptors (Lipinski definition) is 4. The number of hydrogen-bond donors (Lipinski definition) is 3. The summed E-state index contributed by atoms with van der Waals surface area (Å²) in [5.41, 5.74) is -0.594. The maximum absolute atomic E-state index is 12.1. The summed E-state index contributed by atoms with van der Waals surface area (Å²) in [5.74, 6) is 0. The molecule has 22 heavy (non-hydrogen) atoms. The maximum Gasteiger partial charge on any atom is 0.315 e. The van der Waals surface area contributed by atoms with Gasteiger partial charge in [-0.25, -0.2) is 4.79 Å². The molecular formula is C16H26N2O3S. The number of urea groups is 1. The van der Waals surface area contributed by atoms with Crippen molar-refractivity contribution >= 4 is 17.4 Å². The minimum atomic E-state index is -1.06. The molecule has 0 spiro atoms. The molecule has 1 aliphatic carbocycles. The smallest absolute Gasteiger partial charge is 0.315 e. The van der Waals surface area contributed by atoms with Crippen LogP contribution in [0.2, 0.25) is 0 Å². The lowest BCUT2D eigenvalue weighted by Gasteiger charge is -2.59. The normalized spacial score (nSPS) is 29.3. The van der Waals surface area contributed by atoms with E-state index in [0.717, 1.165) is 12.0 Å². The predicted octanol–water partition coefficient (Wildman–Crippen LogP) is 2.46. The lowest BCUT2D eigenvalue weighted by molar-refractivity contribution is -0.177. The van der Waals surface area contributed by atoms with E-state index in [2.05, 4.69) is 31.4 Å². The molecule has 1 aromatic heterocycles. The van der Waals surface area contributed by atoms with E-state index in [4.69, 9.17) is 4.74 Å². The van der Waals surface area contributed by atoms with E-state index in [0.29, 0.717) is 0 Å². The van der Waals surface area contributed by atoms with Crippen LogP contribution in [0.3, 0.4) is 0 Å². The Morgan fingerprint density at radius 1 is 1.55 bits per heavy atom. The first kappa shape index (κ1) is 17.2. The first-order valence-corrected chi connectivity index (χ1v) is 8.41. The number of rotatable bonds is 5. The van der Waals surface area contributed by atoms with Gasteiger partial charge in [-0.3, -0.25) is 0 Å². The molecule has 0 aromatic carbocycles. The molecule has 2 amide bonds. The third-order valence-electron chi connectivity index (χ3n) is 5.32. The van der Waals surface area contributed by atoms with Gasteiger partial charge in [0.25, 0.3) is 0 Å². The fourth-order valence-corrected chi connectivity index (χ4v) is 3.64. The van der Waals surface area contributed by atoms with Gasteiger partial charge in [0.2, 0.25) is 0 Å². The van der Waals surface area contributed by atoms with Crippen molar-refractivity contribution in [3.8, 4) is 0 Å². The summed E-state index contributed by atoms with van der Waals surface area (Å²) in [7, 11) is 1.70. The van der Waals surface area contributed by atoms with Crippen molar-refractivity contribution in [2.75, 3.05) is 13.7 Å². The van der Waals surface area contributed by atoms with Crippen molar-refractivity contribution in [1.82, 2.24) is 10.6 Å². The quantitative estimate of drug-likeness (QED) is 0.778. The number of carbonyl (C=O) groups excluding carboxylic acids is 1. The van der Waals surface area contributed by atoms with Crippen molar-refractivity contribution < 1.29 is 14.6 Å². The molecule has 3 atom stereocenters. The molecule has 3 unspecified atom stereocenters. The largest absolute Gasteiger partial charge is 0.384 e. The van der Waals surface area contributed by atoms with E-state index >= 15 is 0 Å². The van der Waals surface area contributed by atoms with Crippen molar-refractivity contribution in [3.63, 3.8) is 0 Å². The molecular weight excluding hydrogens is 300 g/mol. The van der Waals surface area contributed by atoms with Crippen LogP contribution in [0.1, 0.15) is 39.7 Å². The number of amides is 2. The Labute approximate surface area is 136 Å². The fraction of sp³-hybridized carbons (Fsp3) is 0.688. The summed E-state index contributed by atoms with van der Waals surface area (Å²) in [4.78, 5) is 12.1. The van der Waals surface area contributed by atoms with Gasteiger partial charge in [0.15, 0.2) is 0 Å². The Morgan fingerprint density at radius 3 is 2.73 bits per heavy atom. The monoisotopic (exact) mass is 326 g/mol. The van der Waals surface area contributed by atoms with Crippen LogP contribution in [0.4, 0.5) is 4.79 Å². The van der Waals surface area contributed by atoms with Gasteiger partial charge in [-0.15, -0.1) is 0 Å². The van der Waals surface area contributed by atoms with Gasteiger partial charge >= 0.3 is 6.03 Å². The van der Waals surface area contributed by atoms with Crippen LogP contribution in [0.15, 0.2) is 16.8 Å². The standard InChI is InChI=1S/C16H26N2O3S/c1-14(2)12(8-16(14,4)21-5)18-13(19)17-10-15(3,20)11-6-7-22-9-11/h6-7,9,12,20H,8,10H2,1-5H3,(H2,17,18,19). The topological polar surface area (TPSA) is 70.6 Å². The summed E-state index contributed by atoms with van der Waals surface area (Å²) >= 11 is 1.52. The molecule has 1 aliphatic rings. The van der Waals surface area contributed by atoms with Crippen LogP contribution in [-0.4, -0.2) is 36.4 Å². The number of carbonyl (C=O) groups is 1. The van der Waals surface area contributed by atoms with Crippen LogP contribution in [0, 0.1) is 5.41 Å². The molecule has 0 radical (unpaired) electrons. The minimum Gasteiger partial charge on any atom is -0.384 e. The van der Waals surface area contributed by atoms with Gasteiger partial charge in [0.05, 0.1) is 12.1 Å². The van der Waals surface area contributed by atoms with E-state index in [9.17, 15) is 9.90 Å².